The highest BCUT2D eigenvalue weighted by Gasteiger charge is 2.25. The molecule has 0 radical (unpaired) electrons. The largest absolute Gasteiger partial charge is 0.496 e. The number of aryl methyl sites for hydroxylation is 1. The summed E-state index contributed by atoms with van der Waals surface area (Å²) in [7, 11) is 1.66. The average Bonchev–Trinajstić information content (AvgIpc) is 2.49. The number of amides is 1. The Balaban J connectivity index is 0.00000264. The molecule has 1 fully saturated rings. The highest BCUT2D eigenvalue weighted by Crippen LogP contribution is 2.28. The van der Waals surface area contributed by atoms with Gasteiger partial charge in [0.25, 0.3) is 0 Å². The van der Waals surface area contributed by atoms with Crippen LogP contribution in [0.2, 0.25) is 0 Å². The maximum Gasteiger partial charge on any atom is 0.220 e. The standard InChI is InChI=1S/C18H28N2O2.ClH/c1-12-8-9-17(22-3)15(10-12)13(2)20-18(21)11-14-6-4-5-7-16(14)19;/h8-10,13-14,16H,4-7,11,19H2,1-3H3,(H,20,21);1H. The van der Waals surface area contributed by atoms with E-state index in [-0.39, 0.29) is 30.4 Å². The van der Waals surface area contributed by atoms with E-state index in [2.05, 4.69) is 11.4 Å². The van der Waals surface area contributed by atoms with Gasteiger partial charge < -0.3 is 15.8 Å². The van der Waals surface area contributed by atoms with Gasteiger partial charge in [-0.2, -0.15) is 0 Å². The number of nitrogens with two attached hydrogens (primary N) is 1. The fourth-order valence-electron chi connectivity index (χ4n) is 3.30. The summed E-state index contributed by atoms with van der Waals surface area (Å²) in [5.74, 6) is 1.21. The van der Waals surface area contributed by atoms with Crippen molar-refractivity contribution < 1.29 is 9.53 Å². The number of rotatable bonds is 5. The molecule has 1 saturated carbocycles. The lowest BCUT2D eigenvalue weighted by Gasteiger charge is -2.28. The van der Waals surface area contributed by atoms with E-state index >= 15 is 0 Å². The van der Waals surface area contributed by atoms with Crippen molar-refractivity contribution >= 4 is 18.3 Å². The molecule has 1 aliphatic carbocycles. The molecule has 0 bridgehead atoms. The van der Waals surface area contributed by atoms with Crippen molar-refractivity contribution in [3.8, 4) is 5.75 Å². The number of nitrogens with one attached hydrogen (secondary N) is 1. The molecular weight excluding hydrogens is 312 g/mol. The van der Waals surface area contributed by atoms with Crippen molar-refractivity contribution in [3.05, 3.63) is 29.3 Å². The minimum atomic E-state index is -0.0674. The number of benzene rings is 1. The molecule has 1 aromatic rings. The van der Waals surface area contributed by atoms with Crippen LogP contribution >= 0.6 is 12.4 Å². The summed E-state index contributed by atoms with van der Waals surface area (Å²) in [5.41, 5.74) is 8.31. The zero-order valence-corrected chi connectivity index (χ0v) is 15.1. The molecular formula is C18H29ClN2O2. The molecule has 0 spiro atoms. The van der Waals surface area contributed by atoms with Gasteiger partial charge in [-0.15, -0.1) is 12.4 Å². The van der Waals surface area contributed by atoms with E-state index < -0.39 is 0 Å². The van der Waals surface area contributed by atoms with Gasteiger partial charge >= 0.3 is 0 Å². The number of methoxy groups -OCH3 is 1. The Hall–Kier alpha value is -1.26. The van der Waals surface area contributed by atoms with Crippen LogP contribution in [0.5, 0.6) is 5.75 Å². The van der Waals surface area contributed by atoms with Crippen LogP contribution in [0.1, 0.15) is 56.2 Å². The molecule has 1 amide bonds. The summed E-state index contributed by atoms with van der Waals surface area (Å²) < 4.78 is 5.40. The van der Waals surface area contributed by atoms with Crippen LogP contribution in [0.15, 0.2) is 18.2 Å². The molecule has 4 nitrogen and oxygen atoms in total. The summed E-state index contributed by atoms with van der Waals surface area (Å²) in [6, 6.07) is 6.13. The third-order valence-corrected chi connectivity index (χ3v) is 4.64. The van der Waals surface area contributed by atoms with Crippen LogP contribution in [0.4, 0.5) is 0 Å². The topological polar surface area (TPSA) is 64.3 Å². The average molecular weight is 341 g/mol. The van der Waals surface area contributed by atoms with Gasteiger partial charge in [0.1, 0.15) is 5.75 Å². The summed E-state index contributed by atoms with van der Waals surface area (Å²) in [6.07, 6.45) is 5.01. The predicted molar refractivity (Wildman–Crippen MR) is 96.1 cm³/mol. The lowest BCUT2D eigenvalue weighted by molar-refractivity contribution is -0.123. The summed E-state index contributed by atoms with van der Waals surface area (Å²) in [5, 5.41) is 3.09. The maximum absolute atomic E-state index is 12.3. The molecule has 0 heterocycles. The van der Waals surface area contributed by atoms with Crippen LogP contribution in [0.3, 0.4) is 0 Å². The lowest BCUT2D eigenvalue weighted by atomic mass is 9.83. The Labute approximate surface area is 145 Å². The van der Waals surface area contributed by atoms with Crippen molar-refractivity contribution in [2.24, 2.45) is 11.7 Å². The first-order valence-electron chi connectivity index (χ1n) is 8.20. The minimum Gasteiger partial charge on any atom is -0.496 e. The smallest absolute Gasteiger partial charge is 0.220 e. The number of carbonyl (C=O) groups excluding carboxylic acids is 1. The number of ether oxygens (including phenoxy) is 1. The molecule has 0 aromatic heterocycles. The second-order valence-corrected chi connectivity index (χ2v) is 6.45. The van der Waals surface area contributed by atoms with Crippen LogP contribution in [-0.2, 0) is 4.79 Å². The zero-order chi connectivity index (χ0) is 16.1. The Morgan fingerprint density at radius 3 is 2.74 bits per heavy atom. The quantitative estimate of drug-likeness (QED) is 0.862. The molecule has 130 valence electrons. The molecule has 5 heteroatoms. The van der Waals surface area contributed by atoms with E-state index in [0.717, 1.165) is 29.7 Å². The van der Waals surface area contributed by atoms with Gasteiger partial charge in [0.05, 0.1) is 13.2 Å². The Morgan fingerprint density at radius 2 is 2.09 bits per heavy atom. The van der Waals surface area contributed by atoms with Gasteiger partial charge in [-0.1, -0.05) is 30.5 Å². The van der Waals surface area contributed by atoms with Crippen molar-refractivity contribution in [1.82, 2.24) is 5.32 Å². The molecule has 1 aliphatic rings. The third-order valence-electron chi connectivity index (χ3n) is 4.64. The predicted octanol–water partition coefficient (Wildman–Crippen LogP) is 3.51. The van der Waals surface area contributed by atoms with Crippen LogP contribution in [0.25, 0.3) is 0 Å². The summed E-state index contributed by atoms with van der Waals surface area (Å²) in [6.45, 7) is 4.04. The van der Waals surface area contributed by atoms with Crippen LogP contribution in [-0.4, -0.2) is 19.1 Å². The Bertz CT molecular complexity index is 522. The fourth-order valence-corrected chi connectivity index (χ4v) is 3.30. The molecule has 1 aromatic carbocycles. The second-order valence-electron chi connectivity index (χ2n) is 6.45. The molecule has 3 N–H and O–H groups in total. The van der Waals surface area contributed by atoms with E-state index in [1.54, 1.807) is 7.11 Å². The number of hydrogen-bond donors (Lipinski definition) is 2. The first-order chi connectivity index (χ1) is 10.5. The molecule has 0 saturated heterocycles. The molecule has 0 aliphatic heterocycles. The van der Waals surface area contributed by atoms with E-state index in [9.17, 15) is 4.79 Å². The van der Waals surface area contributed by atoms with Gasteiger partial charge in [0, 0.05) is 18.0 Å². The molecule has 3 atom stereocenters. The summed E-state index contributed by atoms with van der Waals surface area (Å²) >= 11 is 0. The minimum absolute atomic E-state index is 0. The zero-order valence-electron chi connectivity index (χ0n) is 14.3. The van der Waals surface area contributed by atoms with Crippen molar-refractivity contribution in [3.63, 3.8) is 0 Å². The van der Waals surface area contributed by atoms with Crippen molar-refractivity contribution in [2.75, 3.05) is 7.11 Å². The normalized spacial score (nSPS) is 21.9. The lowest BCUT2D eigenvalue weighted by Crippen LogP contribution is -2.37. The highest BCUT2D eigenvalue weighted by molar-refractivity contribution is 5.85. The van der Waals surface area contributed by atoms with Gasteiger partial charge in [0.2, 0.25) is 5.91 Å². The molecule has 2 rings (SSSR count). The number of hydrogen-bond acceptors (Lipinski definition) is 3. The van der Waals surface area contributed by atoms with E-state index in [1.807, 2.05) is 26.0 Å². The third kappa shape index (κ3) is 5.40. The number of halogens is 1. The Kier molecular flexibility index (Phi) is 7.86. The van der Waals surface area contributed by atoms with Gasteiger partial charge in [-0.3, -0.25) is 4.79 Å². The van der Waals surface area contributed by atoms with E-state index in [0.29, 0.717) is 12.3 Å². The SMILES string of the molecule is COc1ccc(C)cc1C(C)NC(=O)CC1CCCCC1N.Cl. The first kappa shape index (κ1) is 19.8. The van der Waals surface area contributed by atoms with Gasteiger partial charge in [-0.25, -0.2) is 0 Å². The van der Waals surface area contributed by atoms with Crippen molar-refractivity contribution in [1.29, 1.82) is 0 Å². The van der Waals surface area contributed by atoms with Gasteiger partial charge in [-0.05, 0) is 38.7 Å². The van der Waals surface area contributed by atoms with E-state index in [1.165, 1.54) is 12.8 Å². The Morgan fingerprint density at radius 1 is 1.39 bits per heavy atom. The second kappa shape index (κ2) is 9.14. The van der Waals surface area contributed by atoms with Crippen molar-refractivity contribution in [2.45, 2.75) is 58.0 Å². The maximum atomic E-state index is 12.3. The number of carbonyl (C=O) groups is 1. The fraction of sp³-hybridized carbons (Fsp3) is 0.611. The van der Waals surface area contributed by atoms with Gasteiger partial charge in [0.15, 0.2) is 0 Å². The first-order valence-corrected chi connectivity index (χ1v) is 8.20. The monoisotopic (exact) mass is 340 g/mol. The van der Waals surface area contributed by atoms with Crippen LogP contribution < -0.4 is 15.8 Å². The molecule has 3 unspecified atom stereocenters. The van der Waals surface area contributed by atoms with Crippen LogP contribution in [0, 0.1) is 12.8 Å². The summed E-state index contributed by atoms with van der Waals surface area (Å²) in [4.78, 5) is 12.3. The van der Waals surface area contributed by atoms with E-state index in [4.69, 9.17) is 10.5 Å². The highest BCUT2D eigenvalue weighted by atomic mass is 35.5. The molecule has 23 heavy (non-hydrogen) atoms.